The third kappa shape index (κ3) is 2.30. The van der Waals surface area contributed by atoms with Crippen LogP contribution in [0.3, 0.4) is 0 Å². The van der Waals surface area contributed by atoms with Crippen molar-refractivity contribution in [1.29, 1.82) is 0 Å². The second-order valence-electron chi connectivity index (χ2n) is 5.49. The minimum Gasteiger partial charge on any atom is -0.363 e. The van der Waals surface area contributed by atoms with Crippen molar-refractivity contribution in [2.24, 2.45) is 0 Å². The molecular weight excluding hydrogens is 220 g/mol. The molecule has 1 aromatic rings. The Bertz CT molecular complexity index is 438. The molecule has 0 amide bonds. The van der Waals surface area contributed by atoms with Crippen LogP contribution in [-0.4, -0.2) is 18.6 Å². The summed E-state index contributed by atoms with van der Waals surface area (Å²) in [5, 5.41) is 3.60. The quantitative estimate of drug-likeness (QED) is 0.761. The van der Waals surface area contributed by atoms with Gasteiger partial charge >= 0.3 is 0 Å². The van der Waals surface area contributed by atoms with Gasteiger partial charge in [-0.05, 0) is 37.8 Å². The van der Waals surface area contributed by atoms with E-state index in [0.29, 0.717) is 12.1 Å². The lowest BCUT2D eigenvalue weighted by molar-refractivity contribution is 0.517. The van der Waals surface area contributed by atoms with Crippen LogP contribution in [0.25, 0.3) is 0 Å². The van der Waals surface area contributed by atoms with Gasteiger partial charge in [-0.3, -0.25) is 0 Å². The van der Waals surface area contributed by atoms with Crippen LogP contribution in [0.2, 0.25) is 0 Å². The minimum atomic E-state index is 0.549. The van der Waals surface area contributed by atoms with E-state index in [1.165, 1.54) is 30.5 Å². The number of nitrogens with one attached hydrogen (secondary N) is 1. The zero-order valence-electron chi connectivity index (χ0n) is 11.1. The van der Waals surface area contributed by atoms with Crippen molar-refractivity contribution >= 4 is 5.69 Å². The standard InChI is InChI=1S/C16H22N2/c1-13-12-18(15-8-3-2-4-9-15)16-10-6-5-7-14(16)11-17-13/h3,5-8,10,13,15,17H,2,4,9,11-12H2,1H3. The molecule has 1 aliphatic carbocycles. The zero-order valence-corrected chi connectivity index (χ0v) is 11.1. The summed E-state index contributed by atoms with van der Waals surface area (Å²) in [5.41, 5.74) is 2.85. The van der Waals surface area contributed by atoms with E-state index in [-0.39, 0.29) is 0 Å². The van der Waals surface area contributed by atoms with Crippen LogP contribution in [0.5, 0.6) is 0 Å². The summed E-state index contributed by atoms with van der Waals surface area (Å²) in [6.07, 6.45) is 8.61. The normalized spacial score (nSPS) is 27.7. The van der Waals surface area contributed by atoms with Crippen LogP contribution in [-0.2, 0) is 6.54 Å². The Balaban J connectivity index is 1.95. The fourth-order valence-corrected chi connectivity index (χ4v) is 3.05. The monoisotopic (exact) mass is 242 g/mol. The Morgan fingerprint density at radius 1 is 1.28 bits per heavy atom. The van der Waals surface area contributed by atoms with Gasteiger partial charge in [0.1, 0.15) is 0 Å². The predicted octanol–water partition coefficient (Wildman–Crippen LogP) is 3.09. The van der Waals surface area contributed by atoms with Gasteiger partial charge < -0.3 is 10.2 Å². The third-order valence-electron chi connectivity index (χ3n) is 4.04. The maximum Gasteiger partial charge on any atom is 0.0473 e. The highest BCUT2D eigenvalue weighted by molar-refractivity contribution is 5.56. The van der Waals surface area contributed by atoms with Gasteiger partial charge in [-0.15, -0.1) is 0 Å². The Morgan fingerprint density at radius 2 is 2.17 bits per heavy atom. The highest BCUT2D eigenvalue weighted by atomic mass is 15.2. The maximum absolute atomic E-state index is 3.60. The average molecular weight is 242 g/mol. The van der Waals surface area contributed by atoms with E-state index in [2.05, 4.69) is 53.6 Å². The van der Waals surface area contributed by atoms with Crippen LogP contribution in [0.4, 0.5) is 5.69 Å². The van der Waals surface area contributed by atoms with Crippen LogP contribution < -0.4 is 10.2 Å². The number of rotatable bonds is 1. The molecule has 2 atom stereocenters. The van der Waals surface area contributed by atoms with Crippen LogP contribution in [0, 0.1) is 0 Å². The molecule has 18 heavy (non-hydrogen) atoms. The summed E-state index contributed by atoms with van der Waals surface area (Å²) in [6, 6.07) is 9.96. The molecule has 0 aromatic heterocycles. The van der Waals surface area contributed by atoms with E-state index in [9.17, 15) is 0 Å². The van der Waals surface area contributed by atoms with E-state index >= 15 is 0 Å². The lowest BCUT2D eigenvalue weighted by atomic mass is 9.99. The SMILES string of the molecule is CC1CN(C2C=CCCC2)c2ccccc2CN1. The minimum absolute atomic E-state index is 0.549. The van der Waals surface area contributed by atoms with E-state index in [0.717, 1.165) is 13.1 Å². The molecular formula is C16H22N2. The Morgan fingerprint density at radius 3 is 3.00 bits per heavy atom. The predicted molar refractivity (Wildman–Crippen MR) is 76.9 cm³/mol. The van der Waals surface area contributed by atoms with Crippen LogP contribution in [0.15, 0.2) is 36.4 Å². The number of hydrogen-bond acceptors (Lipinski definition) is 2. The van der Waals surface area contributed by atoms with Gasteiger partial charge in [0.05, 0.1) is 0 Å². The summed E-state index contributed by atoms with van der Waals surface area (Å²) < 4.78 is 0. The number of hydrogen-bond donors (Lipinski definition) is 1. The van der Waals surface area contributed by atoms with E-state index in [1.54, 1.807) is 0 Å². The molecule has 0 spiro atoms. The summed E-state index contributed by atoms with van der Waals surface area (Å²) in [7, 11) is 0. The van der Waals surface area contributed by atoms with Crippen molar-refractivity contribution in [2.45, 2.75) is 44.8 Å². The topological polar surface area (TPSA) is 15.3 Å². The number of allylic oxidation sites excluding steroid dienone is 1. The number of nitrogens with zero attached hydrogens (tertiary/aromatic N) is 1. The van der Waals surface area contributed by atoms with E-state index in [1.807, 2.05) is 0 Å². The Hall–Kier alpha value is -1.28. The molecule has 0 bridgehead atoms. The highest BCUT2D eigenvalue weighted by Gasteiger charge is 2.24. The van der Waals surface area contributed by atoms with Crippen LogP contribution >= 0.6 is 0 Å². The fraction of sp³-hybridized carbons (Fsp3) is 0.500. The summed E-state index contributed by atoms with van der Waals surface area (Å²) >= 11 is 0. The van der Waals surface area contributed by atoms with Gasteiger partial charge in [0.15, 0.2) is 0 Å². The lowest BCUT2D eigenvalue weighted by Gasteiger charge is -2.34. The van der Waals surface area contributed by atoms with Gasteiger partial charge in [-0.25, -0.2) is 0 Å². The van der Waals surface area contributed by atoms with Gasteiger partial charge in [0.25, 0.3) is 0 Å². The second-order valence-corrected chi connectivity index (χ2v) is 5.49. The molecule has 2 unspecified atom stereocenters. The Kier molecular flexibility index (Phi) is 3.37. The van der Waals surface area contributed by atoms with Crippen molar-refractivity contribution in [1.82, 2.24) is 5.32 Å². The van der Waals surface area contributed by atoms with Crippen molar-refractivity contribution in [3.8, 4) is 0 Å². The van der Waals surface area contributed by atoms with Gasteiger partial charge in [0.2, 0.25) is 0 Å². The summed E-state index contributed by atoms with van der Waals surface area (Å²) in [6.45, 7) is 4.38. The average Bonchev–Trinajstić information content (AvgIpc) is 2.60. The first-order valence-corrected chi connectivity index (χ1v) is 7.09. The first-order valence-electron chi connectivity index (χ1n) is 7.09. The molecule has 1 N–H and O–H groups in total. The number of benzene rings is 1. The van der Waals surface area contributed by atoms with E-state index < -0.39 is 0 Å². The summed E-state index contributed by atoms with van der Waals surface area (Å²) in [4.78, 5) is 2.59. The third-order valence-corrected chi connectivity index (χ3v) is 4.04. The molecule has 0 saturated heterocycles. The van der Waals surface area contributed by atoms with Crippen molar-refractivity contribution in [3.63, 3.8) is 0 Å². The van der Waals surface area contributed by atoms with Crippen molar-refractivity contribution in [2.75, 3.05) is 11.4 Å². The van der Waals surface area contributed by atoms with Crippen LogP contribution in [0.1, 0.15) is 31.7 Å². The smallest absolute Gasteiger partial charge is 0.0473 e. The molecule has 1 aliphatic heterocycles. The number of para-hydroxylation sites is 1. The molecule has 96 valence electrons. The number of anilines is 1. The zero-order chi connectivity index (χ0) is 12.4. The molecule has 0 saturated carbocycles. The number of fused-ring (bicyclic) bond motifs is 1. The summed E-state index contributed by atoms with van der Waals surface area (Å²) in [5.74, 6) is 0. The first-order chi connectivity index (χ1) is 8.84. The fourth-order valence-electron chi connectivity index (χ4n) is 3.05. The van der Waals surface area contributed by atoms with E-state index in [4.69, 9.17) is 0 Å². The highest BCUT2D eigenvalue weighted by Crippen LogP contribution is 2.28. The molecule has 2 heteroatoms. The molecule has 3 rings (SSSR count). The maximum atomic E-state index is 3.60. The van der Waals surface area contributed by atoms with Crippen molar-refractivity contribution in [3.05, 3.63) is 42.0 Å². The molecule has 1 aromatic carbocycles. The molecule has 0 fully saturated rings. The molecule has 1 heterocycles. The molecule has 2 aliphatic rings. The first kappa shape index (κ1) is 11.8. The van der Waals surface area contributed by atoms with Gasteiger partial charge in [0, 0.05) is 30.9 Å². The second kappa shape index (κ2) is 5.15. The Labute approximate surface area is 110 Å². The molecule has 2 nitrogen and oxygen atoms in total. The largest absolute Gasteiger partial charge is 0.363 e. The van der Waals surface area contributed by atoms with Gasteiger partial charge in [-0.1, -0.05) is 30.4 Å². The lowest BCUT2D eigenvalue weighted by Crippen LogP contribution is -2.42. The molecule has 0 radical (unpaired) electrons. The van der Waals surface area contributed by atoms with Gasteiger partial charge in [-0.2, -0.15) is 0 Å². The van der Waals surface area contributed by atoms with Crippen molar-refractivity contribution < 1.29 is 0 Å².